The van der Waals surface area contributed by atoms with Crippen molar-refractivity contribution in [3.05, 3.63) is 58.9 Å². The van der Waals surface area contributed by atoms with Crippen LogP contribution in [0.4, 0.5) is 4.39 Å². The molecule has 27 heavy (non-hydrogen) atoms. The first-order valence-electron chi connectivity index (χ1n) is 8.26. The maximum atomic E-state index is 13.6. The molecule has 0 fully saturated rings. The topological polar surface area (TPSA) is 73.9 Å². The molecule has 1 amide bonds. The van der Waals surface area contributed by atoms with Crippen LogP contribution in [0.5, 0.6) is 11.5 Å². The number of para-hydroxylation sites is 2. The Hall–Kier alpha value is -2.80. The lowest BCUT2D eigenvalue weighted by molar-refractivity contribution is -0.148. The van der Waals surface area contributed by atoms with Crippen molar-refractivity contribution in [2.75, 3.05) is 19.8 Å². The summed E-state index contributed by atoms with van der Waals surface area (Å²) >= 11 is 5.86. The highest BCUT2D eigenvalue weighted by atomic mass is 35.5. The molecule has 0 unspecified atom stereocenters. The second-order valence-electron chi connectivity index (χ2n) is 5.84. The Morgan fingerprint density at radius 3 is 2.74 bits per heavy atom. The van der Waals surface area contributed by atoms with Crippen LogP contribution in [0.25, 0.3) is 0 Å². The van der Waals surface area contributed by atoms with Crippen LogP contribution in [-0.2, 0) is 20.7 Å². The van der Waals surface area contributed by atoms with Crippen LogP contribution in [0.2, 0.25) is 5.02 Å². The molecule has 0 aliphatic carbocycles. The maximum absolute atomic E-state index is 13.6. The number of fused-ring (bicyclic) bond motifs is 1. The fourth-order valence-corrected chi connectivity index (χ4v) is 2.71. The molecular formula is C19H17ClFNO5. The summed E-state index contributed by atoms with van der Waals surface area (Å²) in [7, 11) is 0. The summed E-state index contributed by atoms with van der Waals surface area (Å²) in [5.41, 5.74) is 0.0380. The zero-order valence-electron chi connectivity index (χ0n) is 14.2. The van der Waals surface area contributed by atoms with Crippen molar-refractivity contribution < 1.29 is 28.2 Å². The summed E-state index contributed by atoms with van der Waals surface area (Å²) < 4.78 is 29.8. The van der Waals surface area contributed by atoms with Crippen LogP contribution in [-0.4, -0.2) is 37.7 Å². The molecule has 1 aliphatic heterocycles. The summed E-state index contributed by atoms with van der Waals surface area (Å²) in [6.45, 7) is 0.0157. The van der Waals surface area contributed by atoms with E-state index in [0.717, 1.165) is 0 Å². The van der Waals surface area contributed by atoms with Gasteiger partial charge in [0.05, 0.1) is 13.0 Å². The normalized spacial score (nSPS) is 15.1. The molecule has 1 aliphatic rings. The van der Waals surface area contributed by atoms with Crippen molar-refractivity contribution in [2.24, 2.45) is 0 Å². The Labute approximate surface area is 160 Å². The Bertz CT molecular complexity index is 824. The third-order valence-electron chi connectivity index (χ3n) is 3.84. The van der Waals surface area contributed by atoms with E-state index in [1.807, 2.05) is 12.1 Å². The maximum Gasteiger partial charge on any atom is 0.310 e. The van der Waals surface area contributed by atoms with Crippen molar-refractivity contribution in [2.45, 2.75) is 12.5 Å². The Morgan fingerprint density at radius 2 is 1.96 bits per heavy atom. The summed E-state index contributed by atoms with van der Waals surface area (Å²) in [6, 6.07) is 11.4. The minimum atomic E-state index is -0.747. The molecule has 1 heterocycles. The van der Waals surface area contributed by atoms with Crippen LogP contribution in [0.1, 0.15) is 5.56 Å². The molecule has 0 radical (unpaired) electrons. The number of ether oxygens (including phenoxy) is 3. The first-order chi connectivity index (χ1) is 13.0. The predicted octanol–water partition coefficient (Wildman–Crippen LogP) is 2.52. The average molecular weight is 394 g/mol. The third-order valence-corrected chi connectivity index (χ3v) is 4.20. The number of halogens is 2. The molecule has 6 nitrogen and oxygen atoms in total. The van der Waals surface area contributed by atoms with Gasteiger partial charge in [-0.05, 0) is 24.3 Å². The Kier molecular flexibility index (Phi) is 6.13. The zero-order chi connectivity index (χ0) is 19.2. The van der Waals surface area contributed by atoms with Crippen molar-refractivity contribution in [1.29, 1.82) is 0 Å². The monoisotopic (exact) mass is 393 g/mol. The van der Waals surface area contributed by atoms with Gasteiger partial charge in [-0.25, -0.2) is 4.39 Å². The highest BCUT2D eigenvalue weighted by Crippen LogP contribution is 2.30. The van der Waals surface area contributed by atoms with E-state index in [1.54, 1.807) is 12.1 Å². The minimum Gasteiger partial charge on any atom is -0.486 e. The molecule has 8 heteroatoms. The molecule has 3 rings (SSSR count). The van der Waals surface area contributed by atoms with E-state index in [4.69, 9.17) is 25.8 Å². The van der Waals surface area contributed by atoms with E-state index < -0.39 is 24.3 Å². The summed E-state index contributed by atoms with van der Waals surface area (Å²) in [6.07, 6.45) is -0.702. The summed E-state index contributed by atoms with van der Waals surface area (Å²) in [4.78, 5) is 23.6. The highest BCUT2D eigenvalue weighted by Gasteiger charge is 2.21. The quantitative estimate of drug-likeness (QED) is 0.763. The van der Waals surface area contributed by atoms with Gasteiger partial charge in [-0.15, -0.1) is 0 Å². The van der Waals surface area contributed by atoms with Crippen LogP contribution in [0.15, 0.2) is 42.5 Å². The van der Waals surface area contributed by atoms with Crippen molar-refractivity contribution in [3.8, 4) is 11.5 Å². The predicted molar refractivity (Wildman–Crippen MR) is 95.4 cm³/mol. The summed E-state index contributed by atoms with van der Waals surface area (Å²) in [5.74, 6) is -0.579. The van der Waals surface area contributed by atoms with Gasteiger partial charge < -0.3 is 19.5 Å². The van der Waals surface area contributed by atoms with E-state index in [2.05, 4.69) is 5.32 Å². The molecule has 0 spiro atoms. The molecule has 2 aromatic rings. The number of rotatable bonds is 6. The first-order valence-corrected chi connectivity index (χ1v) is 8.64. The fourth-order valence-electron chi connectivity index (χ4n) is 2.48. The molecule has 0 saturated heterocycles. The molecular weight excluding hydrogens is 377 g/mol. The highest BCUT2D eigenvalue weighted by molar-refractivity contribution is 6.31. The van der Waals surface area contributed by atoms with Gasteiger partial charge in [0, 0.05) is 10.6 Å². The number of amides is 1. The number of esters is 1. The number of hydrogen-bond acceptors (Lipinski definition) is 5. The number of carbonyl (C=O) groups excluding carboxylic acids is 2. The number of benzene rings is 2. The largest absolute Gasteiger partial charge is 0.486 e. The van der Waals surface area contributed by atoms with Crippen molar-refractivity contribution >= 4 is 23.5 Å². The smallest absolute Gasteiger partial charge is 0.310 e. The molecule has 2 aromatic carbocycles. The van der Waals surface area contributed by atoms with Crippen LogP contribution < -0.4 is 14.8 Å². The number of hydrogen-bond donors (Lipinski definition) is 1. The van der Waals surface area contributed by atoms with E-state index in [-0.39, 0.29) is 29.7 Å². The van der Waals surface area contributed by atoms with Crippen molar-refractivity contribution in [1.82, 2.24) is 5.32 Å². The second-order valence-corrected chi connectivity index (χ2v) is 6.25. The van der Waals surface area contributed by atoms with E-state index >= 15 is 0 Å². The summed E-state index contributed by atoms with van der Waals surface area (Å²) in [5, 5.41) is 2.73. The second kappa shape index (κ2) is 8.73. The van der Waals surface area contributed by atoms with Crippen molar-refractivity contribution in [3.63, 3.8) is 0 Å². The van der Waals surface area contributed by atoms with Gasteiger partial charge in [0.1, 0.15) is 18.5 Å². The third kappa shape index (κ3) is 5.10. The van der Waals surface area contributed by atoms with Gasteiger partial charge in [0.2, 0.25) is 0 Å². The van der Waals surface area contributed by atoms with Gasteiger partial charge in [0.15, 0.2) is 18.1 Å². The van der Waals surface area contributed by atoms with Gasteiger partial charge in [-0.2, -0.15) is 0 Å². The minimum absolute atomic E-state index is 0.0380. The zero-order valence-corrected chi connectivity index (χ0v) is 15.0. The first kappa shape index (κ1) is 19.0. The lowest BCUT2D eigenvalue weighted by Gasteiger charge is -2.26. The molecule has 1 atom stereocenters. The average Bonchev–Trinajstić information content (AvgIpc) is 2.67. The Morgan fingerprint density at radius 1 is 1.19 bits per heavy atom. The van der Waals surface area contributed by atoms with Gasteiger partial charge in [-0.1, -0.05) is 29.8 Å². The lowest BCUT2D eigenvalue weighted by Crippen LogP contribution is -2.42. The molecule has 0 saturated carbocycles. The number of nitrogens with one attached hydrogen (secondary N) is 1. The van der Waals surface area contributed by atoms with Gasteiger partial charge in [-0.3, -0.25) is 9.59 Å². The van der Waals surface area contributed by atoms with Crippen LogP contribution in [0.3, 0.4) is 0 Å². The lowest BCUT2D eigenvalue weighted by atomic mass is 10.1. The van der Waals surface area contributed by atoms with E-state index in [9.17, 15) is 14.0 Å². The van der Waals surface area contributed by atoms with Gasteiger partial charge >= 0.3 is 5.97 Å². The molecule has 0 aromatic heterocycles. The van der Waals surface area contributed by atoms with E-state index in [0.29, 0.717) is 18.1 Å². The fraction of sp³-hybridized carbons (Fsp3) is 0.263. The van der Waals surface area contributed by atoms with Gasteiger partial charge in [0.25, 0.3) is 5.91 Å². The van der Waals surface area contributed by atoms with E-state index in [1.165, 1.54) is 18.2 Å². The molecule has 142 valence electrons. The molecule has 1 N–H and O–H groups in total. The molecule has 0 bridgehead atoms. The standard InChI is InChI=1S/C19H17ClFNO5/c20-14-4-3-5-15(21)13(14)8-19(24)26-11-18(23)22-9-12-10-25-16-6-1-2-7-17(16)27-12/h1-7,12H,8-11H2,(H,22,23)/t12-/m1/s1. The number of carbonyl (C=O) groups is 2. The SMILES string of the molecule is O=C(COC(=O)Cc1c(F)cccc1Cl)NC[C@@H]1COc2ccccc2O1. The Balaban J connectivity index is 1.40. The van der Waals surface area contributed by atoms with Crippen LogP contribution in [0, 0.1) is 5.82 Å². The van der Waals surface area contributed by atoms with Crippen LogP contribution >= 0.6 is 11.6 Å².